The lowest BCUT2D eigenvalue weighted by Crippen LogP contribution is -2.60. The van der Waals surface area contributed by atoms with Crippen molar-refractivity contribution in [2.45, 2.75) is 96.6 Å². The van der Waals surface area contributed by atoms with Crippen LogP contribution in [0.4, 0.5) is 0 Å². The minimum atomic E-state index is -1.61. The summed E-state index contributed by atoms with van der Waals surface area (Å²) < 4.78 is 0. The Morgan fingerprint density at radius 2 is 1.26 bits per heavy atom. The smallest absolute Gasteiger partial charge is 0.0551 e. The first-order chi connectivity index (χ1) is 16.0. The lowest BCUT2D eigenvalue weighted by Gasteiger charge is -2.46. The Kier molecular flexibility index (Phi) is 6.42. The summed E-state index contributed by atoms with van der Waals surface area (Å²) in [6, 6.07) is 14.5. The molecule has 0 aliphatic heterocycles. The molecule has 0 aromatic heterocycles. The van der Waals surface area contributed by atoms with E-state index in [1.165, 1.54) is 27.8 Å². The van der Waals surface area contributed by atoms with E-state index in [0.29, 0.717) is 11.1 Å². The molecule has 1 unspecified atom stereocenters. The molecule has 2 aliphatic carbocycles. The maximum absolute atomic E-state index is 2.68. The van der Waals surface area contributed by atoms with E-state index in [1.54, 1.807) is 11.1 Å². The third kappa shape index (κ3) is 4.53. The van der Waals surface area contributed by atoms with Crippen molar-refractivity contribution in [1.82, 2.24) is 0 Å². The van der Waals surface area contributed by atoms with Crippen LogP contribution in [0, 0.1) is 0 Å². The average Bonchev–Trinajstić information content (AvgIpc) is 3.39. The molecule has 2 aliphatic rings. The van der Waals surface area contributed by atoms with Crippen LogP contribution in [0.25, 0.3) is 17.2 Å². The van der Waals surface area contributed by atoms with Gasteiger partial charge in [-0.25, -0.2) is 0 Å². The topological polar surface area (TPSA) is 0 Å². The van der Waals surface area contributed by atoms with Gasteiger partial charge in [0.2, 0.25) is 0 Å². The Balaban J connectivity index is 1.87. The van der Waals surface area contributed by atoms with Gasteiger partial charge in [0, 0.05) is 0 Å². The van der Waals surface area contributed by atoms with Crippen molar-refractivity contribution in [3.05, 3.63) is 88.5 Å². The fourth-order valence-corrected chi connectivity index (χ4v) is 17.7. The molecule has 0 fully saturated rings. The number of hydrogen-bond donors (Lipinski definition) is 0. The van der Waals surface area contributed by atoms with E-state index in [0.717, 1.165) is 0 Å². The van der Waals surface area contributed by atoms with Crippen LogP contribution in [-0.2, 0) is 10.8 Å². The predicted molar refractivity (Wildman–Crippen MR) is 163 cm³/mol. The molecule has 0 nitrogen and oxygen atoms in total. The van der Waals surface area contributed by atoms with Crippen molar-refractivity contribution in [2.24, 2.45) is 0 Å². The molecule has 2 heteroatoms. The Morgan fingerprint density at radius 3 is 1.77 bits per heavy atom. The Bertz CT molecular complexity index is 1180. The summed E-state index contributed by atoms with van der Waals surface area (Å²) in [5.74, 6) is 0. The predicted octanol–water partition coefficient (Wildman–Crippen LogP) is 9.98. The highest BCUT2D eigenvalue weighted by Crippen LogP contribution is 2.51. The average molecular weight is 499 g/mol. The van der Waals surface area contributed by atoms with E-state index < -0.39 is 15.2 Å². The standard InChI is InChI=1S/C33H46Si2/c1-23-19-30-28(24-20-25(32(2,3)4)22-26(21-24)33(5,6)7)17-14-18-29(30)31(23)35(10,11)34(8,9)27-15-12-13-16-27/h12-22,27,31H,1-11H3. The van der Waals surface area contributed by atoms with Crippen LogP contribution in [-0.4, -0.2) is 15.2 Å². The second-order valence-corrected chi connectivity index (χ2v) is 30.0. The second kappa shape index (κ2) is 8.59. The molecule has 0 spiro atoms. The van der Waals surface area contributed by atoms with Gasteiger partial charge in [0.15, 0.2) is 0 Å². The molecular weight excluding hydrogens is 453 g/mol. The van der Waals surface area contributed by atoms with Gasteiger partial charge in [0.25, 0.3) is 0 Å². The van der Waals surface area contributed by atoms with E-state index in [2.05, 4.69) is 141 Å². The summed E-state index contributed by atoms with van der Waals surface area (Å²) in [6.45, 7) is 27.1. The maximum Gasteiger partial charge on any atom is 0.0551 e. The highest BCUT2D eigenvalue weighted by Gasteiger charge is 2.52. The lowest BCUT2D eigenvalue weighted by atomic mass is 9.78. The van der Waals surface area contributed by atoms with Gasteiger partial charge in [-0.2, -0.15) is 0 Å². The van der Waals surface area contributed by atoms with Crippen molar-refractivity contribution in [3.8, 4) is 11.1 Å². The zero-order chi connectivity index (χ0) is 26.0. The van der Waals surface area contributed by atoms with Gasteiger partial charge in [-0.05, 0) is 62.2 Å². The molecule has 0 saturated heterocycles. The minimum absolute atomic E-state index is 0.120. The zero-order valence-corrected chi connectivity index (χ0v) is 26.0. The summed E-state index contributed by atoms with van der Waals surface area (Å²) in [4.78, 5) is 0. The molecule has 186 valence electrons. The van der Waals surface area contributed by atoms with Crippen LogP contribution < -0.4 is 0 Å². The number of rotatable bonds is 4. The second-order valence-electron chi connectivity index (χ2n) is 14.2. The molecule has 0 heterocycles. The highest BCUT2D eigenvalue weighted by molar-refractivity contribution is 7.42. The molecular formula is C33H46Si2. The van der Waals surface area contributed by atoms with E-state index >= 15 is 0 Å². The summed E-state index contributed by atoms with van der Waals surface area (Å²) in [5.41, 5.74) is 11.8. The third-order valence-electron chi connectivity index (χ3n) is 9.22. The van der Waals surface area contributed by atoms with Crippen molar-refractivity contribution < 1.29 is 0 Å². The fourth-order valence-electron chi connectivity index (χ4n) is 6.13. The SMILES string of the molecule is CC1=Cc2c(-c3cc(C(C)(C)C)cc(C(C)(C)C)c3)cccc2C1[Si](C)(C)[Si](C)(C)C1C=CC=C1. The van der Waals surface area contributed by atoms with Crippen LogP contribution in [0.3, 0.4) is 0 Å². The normalized spacial score (nSPS) is 18.8. The first kappa shape index (κ1) is 26.2. The Labute approximate surface area is 217 Å². The van der Waals surface area contributed by atoms with Crippen LogP contribution in [0.1, 0.15) is 76.3 Å². The largest absolute Gasteiger partial charge is 0.0806 e. The summed E-state index contributed by atoms with van der Waals surface area (Å²) >= 11 is 0. The van der Waals surface area contributed by atoms with E-state index in [-0.39, 0.29) is 10.8 Å². The lowest BCUT2D eigenvalue weighted by molar-refractivity contribution is 0.569. The van der Waals surface area contributed by atoms with Gasteiger partial charge < -0.3 is 0 Å². The van der Waals surface area contributed by atoms with Gasteiger partial charge in [0.05, 0.1) is 15.2 Å². The molecule has 0 bridgehead atoms. The van der Waals surface area contributed by atoms with Crippen molar-refractivity contribution in [1.29, 1.82) is 0 Å². The molecule has 0 N–H and O–H groups in total. The summed E-state index contributed by atoms with van der Waals surface area (Å²) in [7, 11) is -3.13. The van der Waals surface area contributed by atoms with Gasteiger partial charge in [0.1, 0.15) is 0 Å². The van der Waals surface area contributed by atoms with Crippen LogP contribution >= 0.6 is 0 Å². The molecule has 0 radical (unpaired) electrons. The molecule has 4 rings (SSSR count). The van der Waals surface area contributed by atoms with Crippen LogP contribution in [0.2, 0.25) is 31.7 Å². The number of allylic oxidation sites excluding steroid dienone is 5. The first-order valence-electron chi connectivity index (χ1n) is 13.4. The van der Waals surface area contributed by atoms with Gasteiger partial charge in [-0.3, -0.25) is 0 Å². The van der Waals surface area contributed by atoms with Crippen LogP contribution in [0.15, 0.2) is 66.3 Å². The Morgan fingerprint density at radius 1 is 0.714 bits per heavy atom. The summed E-state index contributed by atoms with van der Waals surface area (Å²) in [6.07, 6.45) is 12.0. The molecule has 0 amide bonds. The van der Waals surface area contributed by atoms with Crippen LogP contribution in [0.5, 0.6) is 0 Å². The van der Waals surface area contributed by atoms with Gasteiger partial charge in [-0.1, -0.05) is 140 Å². The third-order valence-corrected chi connectivity index (χ3v) is 28.6. The quantitative estimate of drug-likeness (QED) is 0.368. The first-order valence-corrected chi connectivity index (χ1v) is 20.5. The molecule has 0 saturated carbocycles. The monoisotopic (exact) mass is 498 g/mol. The fraction of sp³-hybridized carbons (Fsp3) is 0.455. The number of fused-ring (bicyclic) bond motifs is 1. The van der Waals surface area contributed by atoms with Crippen molar-refractivity contribution in [2.75, 3.05) is 0 Å². The zero-order valence-electron chi connectivity index (χ0n) is 24.0. The number of hydrogen-bond acceptors (Lipinski definition) is 0. The number of benzene rings is 2. The van der Waals surface area contributed by atoms with Gasteiger partial charge in [-0.15, -0.1) is 0 Å². The van der Waals surface area contributed by atoms with Crippen molar-refractivity contribution >= 4 is 21.3 Å². The summed E-state index contributed by atoms with van der Waals surface area (Å²) in [5, 5.41) is 0. The van der Waals surface area contributed by atoms with E-state index in [1.807, 2.05) is 0 Å². The van der Waals surface area contributed by atoms with E-state index in [9.17, 15) is 0 Å². The van der Waals surface area contributed by atoms with E-state index in [4.69, 9.17) is 0 Å². The van der Waals surface area contributed by atoms with Gasteiger partial charge >= 0.3 is 0 Å². The Hall–Kier alpha value is -1.91. The molecule has 2 aromatic rings. The molecule has 1 atom stereocenters. The highest BCUT2D eigenvalue weighted by atomic mass is 29.3. The maximum atomic E-state index is 2.68. The molecule has 35 heavy (non-hydrogen) atoms. The molecule has 2 aromatic carbocycles. The minimum Gasteiger partial charge on any atom is -0.0806 e. The van der Waals surface area contributed by atoms with Crippen molar-refractivity contribution in [3.63, 3.8) is 0 Å².